The van der Waals surface area contributed by atoms with E-state index in [1.165, 1.54) is 10.2 Å². The van der Waals surface area contributed by atoms with Crippen molar-refractivity contribution < 1.29 is 9.59 Å². The molecule has 1 amide bonds. The first-order valence-electron chi connectivity index (χ1n) is 10.9. The van der Waals surface area contributed by atoms with Gasteiger partial charge in [-0.25, -0.2) is 4.68 Å². The average molecular weight is 432 g/mol. The summed E-state index contributed by atoms with van der Waals surface area (Å²) in [6.45, 7) is 17.0. The lowest BCUT2D eigenvalue weighted by molar-refractivity contribution is -0.122. The molecule has 2 aromatic rings. The van der Waals surface area contributed by atoms with Crippen LogP contribution in [0.3, 0.4) is 0 Å². The summed E-state index contributed by atoms with van der Waals surface area (Å²) in [5.41, 5.74) is 1.96. The molecule has 31 heavy (non-hydrogen) atoms. The SMILES string of the molecule is CC(C)C.CC(C)NCC(=O)NCc1cn(CC(=O)C(C)C)nn1.Cc1ccccc1. The molecule has 7 nitrogen and oxygen atoms in total. The van der Waals surface area contributed by atoms with Crippen LogP contribution in [-0.2, 0) is 22.7 Å². The Kier molecular flexibility index (Phi) is 14.9. The highest BCUT2D eigenvalue weighted by Crippen LogP contribution is 1.99. The summed E-state index contributed by atoms with van der Waals surface area (Å²) in [5.74, 6) is 0.822. The lowest BCUT2D eigenvalue weighted by Gasteiger charge is -2.07. The van der Waals surface area contributed by atoms with Crippen LogP contribution < -0.4 is 10.6 Å². The molecule has 0 fully saturated rings. The van der Waals surface area contributed by atoms with Gasteiger partial charge in [-0.15, -0.1) is 5.10 Å². The molecular weight excluding hydrogens is 390 g/mol. The molecule has 0 radical (unpaired) electrons. The fourth-order valence-corrected chi connectivity index (χ4v) is 1.92. The molecule has 0 atom stereocenters. The Balaban J connectivity index is 0.000000666. The molecule has 2 N–H and O–H groups in total. The smallest absolute Gasteiger partial charge is 0.234 e. The Labute approximate surface area is 188 Å². The summed E-state index contributed by atoms with van der Waals surface area (Å²) < 4.78 is 1.50. The second kappa shape index (κ2) is 16.2. The van der Waals surface area contributed by atoms with Crippen LogP contribution in [-0.4, -0.2) is 39.3 Å². The quantitative estimate of drug-likeness (QED) is 0.664. The minimum absolute atomic E-state index is 0.0236. The highest BCUT2D eigenvalue weighted by molar-refractivity contribution is 5.80. The van der Waals surface area contributed by atoms with Gasteiger partial charge in [0.2, 0.25) is 5.91 Å². The molecule has 2 rings (SSSR count). The van der Waals surface area contributed by atoms with E-state index in [-0.39, 0.29) is 36.7 Å². The fraction of sp³-hybridized carbons (Fsp3) is 0.583. The first kappa shape index (κ1) is 28.5. The molecular formula is C24H41N5O2. The number of ketones is 1. The highest BCUT2D eigenvalue weighted by atomic mass is 16.2. The van der Waals surface area contributed by atoms with E-state index >= 15 is 0 Å². The van der Waals surface area contributed by atoms with Crippen molar-refractivity contribution in [2.45, 2.75) is 74.5 Å². The number of aromatic nitrogens is 3. The van der Waals surface area contributed by atoms with Crippen LogP contribution in [0.2, 0.25) is 0 Å². The van der Waals surface area contributed by atoms with Crippen LogP contribution in [0.1, 0.15) is 59.7 Å². The van der Waals surface area contributed by atoms with Crippen molar-refractivity contribution in [1.82, 2.24) is 25.6 Å². The summed E-state index contributed by atoms with van der Waals surface area (Å²) >= 11 is 0. The van der Waals surface area contributed by atoms with E-state index in [0.29, 0.717) is 12.2 Å². The van der Waals surface area contributed by atoms with E-state index in [4.69, 9.17) is 0 Å². The average Bonchev–Trinajstić information content (AvgIpc) is 3.12. The van der Waals surface area contributed by atoms with Crippen molar-refractivity contribution in [2.75, 3.05) is 6.54 Å². The third-order valence-electron chi connectivity index (χ3n) is 3.63. The van der Waals surface area contributed by atoms with E-state index in [1.807, 2.05) is 45.9 Å². The number of carbonyl (C=O) groups is 2. The Bertz CT molecular complexity index is 737. The van der Waals surface area contributed by atoms with Gasteiger partial charge >= 0.3 is 0 Å². The molecule has 174 valence electrons. The molecule has 0 unspecified atom stereocenters. The number of nitrogens with one attached hydrogen (secondary N) is 2. The van der Waals surface area contributed by atoms with Gasteiger partial charge in [0.25, 0.3) is 0 Å². The van der Waals surface area contributed by atoms with Crippen LogP contribution in [0, 0.1) is 18.8 Å². The second-order valence-corrected chi connectivity index (χ2v) is 8.73. The van der Waals surface area contributed by atoms with Crippen molar-refractivity contribution in [3.63, 3.8) is 0 Å². The molecule has 1 aromatic heterocycles. The van der Waals surface area contributed by atoms with E-state index in [1.54, 1.807) is 6.20 Å². The summed E-state index contributed by atoms with van der Waals surface area (Å²) in [6, 6.07) is 10.5. The zero-order valence-corrected chi connectivity index (χ0v) is 20.5. The molecule has 0 saturated carbocycles. The van der Waals surface area contributed by atoms with Gasteiger partial charge in [0.1, 0.15) is 12.2 Å². The number of hydrogen-bond acceptors (Lipinski definition) is 5. The number of benzene rings is 1. The lowest BCUT2D eigenvalue weighted by Crippen LogP contribution is -2.36. The molecule has 0 aliphatic carbocycles. The van der Waals surface area contributed by atoms with E-state index in [9.17, 15) is 9.59 Å². The number of nitrogens with zero attached hydrogens (tertiary/aromatic N) is 3. The summed E-state index contributed by atoms with van der Waals surface area (Å²) in [7, 11) is 0. The van der Waals surface area contributed by atoms with Gasteiger partial charge in [-0.05, 0) is 12.8 Å². The van der Waals surface area contributed by atoms with Crippen LogP contribution in [0.4, 0.5) is 0 Å². The van der Waals surface area contributed by atoms with Gasteiger partial charge in [0.15, 0.2) is 5.78 Å². The normalized spacial score (nSPS) is 10.3. The van der Waals surface area contributed by atoms with Crippen LogP contribution in [0.15, 0.2) is 36.5 Å². The zero-order valence-electron chi connectivity index (χ0n) is 20.5. The predicted molar refractivity (Wildman–Crippen MR) is 127 cm³/mol. The first-order chi connectivity index (χ1) is 14.5. The van der Waals surface area contributed by atoms with E-state index < -0.39 is 0 Å². The van der Waals surface area contributed by atoms with Crippen molar-refractivity contribution in [3.8, 4) is 0 Å². The Morgan fingerprint density at radius 2 is 1.58 bits per heavy atom. The Hall–Kier alpha value is -2.54. The standard InChI is InChI=1S/C13H23N5O2.C7H8.C4H10/c1-9(2)12(19)8-18-7-11(16-17-18)5-15-13(20)6-14-10(3)4;1-7-5-3-2-4-6-7;1-4(2)3/h7,9-10,14H,5-6,8H2,1-4H3,(H,15,20);2-6H,1H3;4H,1-3H3. The van der Waals surface area contributed by atoms with Crippen molar-refractivity contribution >= 4 is 11.7 Å². The minimum Gasteiger partial charge on any atom is -0.349 e. The van der Waals surface area contributed by atoms with Crippen LogP contribution >= 0.6 is 0 Å². The second-order valence-electron chi connectivity index (χ2n) is 8.73. The molecule has 0 aliphatic rings. The number of Topliss-reactive ketones (excluding diaryl/α,β-unsaturated/α-hetero) is 1. The molecule has 1 heterocycles. The number of rotatable bonds is 8. The minimum atomic E-state index is -0.0912. The monoisotopic (exact) mass is 431 g/mol. The molecule has 0 saturated heterocycles. The topological polar surface area (TPSA) is 88.9 Å². The number of hydrogen-bond donors (Lipinski definition) is 2. The van der Waals surface area contributed by atoms with Crippen molar-refractivity contribution in [1.29, 1.82) is 0 Å². The fourth-order valence-electron chi connectivity index (χ4n) is 1.92. The molecule has 7 heteroatoms. The summed E-state index contributed by atoms with van der Waals surface area (Å²) in [6.07, 6.45) is 1.68. The number of amides is 1. The lowest BCUT2D eigenvalue weighted by atomic mass is 10.1. The highest BCUT2D eigenvalue weighted by Gasteiger charge is 2.10. The molecule has 0 aliphatic heterocycles. The maximum absolute atomic E-state index is 11.6. The third kappa shape index (κ3) is 16.9. The number of carbonyl (C=O) groups excluding carboxylic acids is 2. The Morgan fingerprint density at radius 1 is 1.00 bits per heavy atom. The van der Waals surface area contributed by atoms with E-state index in [2.05, 4.69) is 60.8 Å². The van der Waals surface area contributed by atoms with E-state index in [0.717, 1.165) is 5.92 Å². The van der Waals surface area contributed by atoms with Crippen LogP contribution in [0.5, 0.6) is 0 Å². The molecule has 0 spiro atoms. The summed E-state index contributed by atoms with van der Waals surface area (Å²) in [4.78, 5) is 23.1. The molecule has 0 bridgehead atoms. The predicted octanol–water partition coefficient (Wildman–Crippen LogP) is 3.77. The van der Waals surface area contributed by atoms with Crippen molar-refractivity contribution in [3.05, 3.63) is 47.8 Å². The van der Waals surface area contributed by atoms with Crippen molar-refractivity contribution in [2.24, 2.45) is 11.8 Å². The maximum atomic E-state index is 11.6. The van der Waals surface area contributed by atoms with Crippen LogP contribution in [0.25, 0.3) is 0 Å². The number of aryl methyl sites for hydroxylation is 1. The summed E-state index contributed by atoms with van der Waals surface area (Å²) in [5, 5.41) is 13.6. The molecule has 1 aromatic carbocycles. The zero-order chi connectivity index (χ0) is 23.8. The van der Waals surface area contributed by atoms with Gasteiger partial charge < -0.3 is 10.6 Å². The van der Waals surface area contributed by atoms with Gasteiger partial charge in [0, 0.05) is 12.0 Å². The van der Waals surface area contributed by atoms with Gasteiger partial charge in [0.05, 0.1) is 19.3 Å². The first-order valence-corrected chi connectivity index (χ1v) is 10.9. The van der Waals surface area contributed by atoms with Gasteiger partial charge in [-0.2, -0.15) is 0 Å². The van der Waals surface area contributed by atoms with Gasteiger partial charge in [-0.1, -0.05) is 89.6 Å². The third-order valence-corrected chi connectivity index (χ3v) is 3.63. The Morgan fingerprint density at radius 3 is 2.03 bits per heavy atom. The maximum Gasteiger partial charge on any atom is 0.234 e. The largest absolute Gasteiger partial charge is 0.349 e. The van der Waals surface area contributed by atoms with Gasteiger partial charge in [-0.3, -0.25) is 9.59 Å².